The molecule has 5 rings (SSSR count). The molecule has 0 heterocycles. The number of fused-ring (bicyclic) bond motifs is 1. The Morgan fingerprint density at radius 2 is 1.42 bits per heavy atom. The molecule has 12 nitrogen and oxygen atoms in total. The van der Waals surface area contributed by atoms with E-state index in [1.165, 1.54) is 0 Å². The molecule has 6 atom stereocenters. The molecule has 3 amide bonds. The molecular weight excluding hydrogens is 666 g/mol. The van der Waals surface area contributed by atoms with Crippen molar-refractivity contribution in [3.63, 3.8) is 0 Å². The molecule has 0 unspecified atom stereocenters. The maximum absolute atomic E-state index is 14.4. The Morgan fingerprint density at radius 3 is 1.88 bits per heavy atom. The van der Waals surface area contributed by atoms with Gasteiger partial charge in [-0.3, -0.25) is 14.4 Å². The highest BCUT2D eigenvalue weighted by molar-refractivity contribution is 5.97. The third-order valence-electron chi connectivity index (χ3n) is 9.42. The molecule has 52 heavy (non-hydrogen) atoms. The van der Waals surface area contributed by atoms with E-state index in [9.17, 15) is 29.1 Å². The number of aliphatic hydroxyl groups excluding tert-OH is 1. The summed E-state index contributed by atoms with van der Waals surface area (Å²) in [5.74, 6) is -5.60. The monoisotopic (exact) mass is 711 g/mol. The van der Waals surface area contributed by atoms with E-state index in [1.54, 1.807) is 27.7 Å². The number of amides is 3. The number of benzene rings is 3. The fourth-order valence-electron chi connectivity index (χ4n) is 7.37. The molecule has 3 aromatic rings. The van der Waals surface area contributed by atoms with Crippen LogP contribution in [0.2, 0.25) is 0 Å². The summed E-state index contributed by atoms with van der Waals surface area (Å²) in [7, 11) is 0. The van der Waals surface area contributed by atoms with E-state index in [2.05, 4.69) is 22.5 Å². The summed E-state index contributed by atoms with van der Waals surface area (Å²) in [5.41, 5.74) is -1.82. The SMILES string of the molecule is C=COC(=O)[C@H]1[C@H]2[C@@H]1[C@@](NC(=O)[C@H](CC(=O)NC(c1ccccc1)(c1ccccc1)c1ccccc1)NC(=O)OC(C)(C)C)(C(=O)OCC)C[C@@H]2O. The Balaban J connectivity index is 1.52. The smallest absolute Gasteiger partial charge is 0.408 e. The molecule has 2 saturated carbocycles. The zero-order valence-electron chi connectivity index (χ0n) is 29.7. The summed E-state index contributed by atoms with van der Waals surface area (Å²) in [6, 6.07) is 26.5. The van der Waals surface area contributed by atoms with Gasteiger partial charge in [-0.25, -0.2) is 9.59 Å². The Bertz CT molecular complexity index is 1680. The van der Waals surface area contributed by atoms with Crippen LogP contribution in [0, 0.1) is 17.8 Å². The van der Waals surface area contributed by atoms with Gasteiger partial charge in [-0.2, -0.15) is 0 Å². The highest BCUT2D eigenvalue weighted by Crippen LogP contribution is 2.63. The van der Waals surface area contributed by atoms with E-state index >= 15 is 0 Å². The maximum Gasteiger partial charge on any atom is 0.408 e. The standard InChI is InChI=1S/C40H45N3O9/c1-6-50-35(47)32-31-29(44)24-39(33(31)32,36(48)51-7-2)43-34(46)28(41-37(49)52-38(3,4)5)23-30(45)42-40(25-17-11-8-12-18-25,26-19-13-9-14-20-26)27-21-15-10-16-22-27/h6,8-22,28-29,31-33,44H,1,7,23-24H2,2-5H3,(H,41,49)(H,42,45)(H,43,46)/t28-,29-,31-,32-,33-,39+/m0/s1. The van der Waals surface area contributed by atoms with Crippen LogP contribution in [-0.2, 0) is 38.9 Å². The number of carbonyl (C=O) groups excluding carboxylic acids is 5. The number of carbonyl (C=O) groups is 5. The van der Waals surface area contributed by atoms with Gasteiger partial charge in [0.15, 0.2) is 0 Å². The number of nitrogens with one attached hydrogen (secondary N) is 3. The lowest BCUT2D eigenvalue weighted by molar-refractivity contribution is -0.156. The van der Waals surface area contributed by atoms with E-state index in [0.29, 0.717) is 0 Å². The van der Waals surface area contributed by atoms with Gasteiger partial charge in [-0.05, 0) is 44.4 Å². The van der Waals surface area contributed by atoms with Gasteiger partial charge >= 0.3 is 18.0 Å². The molecule has 3 aromatic carbocycles. The Labute approximate surface area is 302 Å². The Morgan fingerprint density at radius 1 is 0.904 bits per heavy atom. The van der Waals surface area contributed by atoms with Crippen molar-refractivity contribution in [1.29, 1.82) is 0 Å². The number of hydrogen-bond acceptors (Lipinski definition) is 9. The predicted molar refractivity (Wildman–Crippen MR) is 190 cm³/mol. The lowest BCUT2D eigenvalue weighted by Crippen LogP contribution is -2.62. The molecule has 0 radical (unpaired) electrons. The average Bonchev–Trinajstić information content (AvgIpc) is 3.81. The summed E-state index contributed by atoms with van der Waals surface area (Å²) in [6.45, 7) is 9.88. The van der Waals surface area contributed by atoms with E-state index in [0.717, 1.165) is 23.0 Å². The normalized spacial score (nSPS) is 22.5. The minimum absolute atomic E-state index is 0.0474. The van der Waals surface area contributed by atoms with Gasteiger partial charge in [-0.15, -0.1) is 0 Å². The molecule has 0 bridgehead atoms. The van der Waals surface area contributed by atoms with Crippen molar-refractivity contribution in [2.45, 2.75) is 69.4 Å². The van der Waals surface area contributed by atoms with Crippen molar-refractivity contribution < 1.29 is 43.3 Å². The second kappa shape index (κ2) is 15.4. The number of esters is 2. The van der Waals surface area contributed by atoms with Crippen molar-refractivity contribution in [1.82, 2.24) is 16.0 Å². The largest absolute Gasteiger partial charge is 0.464 e. The molecule has 2 fully saturated rings. The molecule has 0 spiro atoms. The van der Waals surface area contributed by atoms with Crippen molar-refractivity contribution >= 4 is 29.8 Å². The Hall–Kier alpha value is -5.49. The van der Waals surface area contributed by atoms with Gasteiger partial charge in [0.05, 0.1) is 31.3 Å². The molecule has 4 N–H and O–H groups in total. The van der Waals surface area contributed by atoms with Crippen molar-refractivity contribution in [3.8, 4) is 0 Å². The molecule has 0 saturated heterocycles. The van der Waals surface area contributed by atoms with E-state index in [4.69, 9.17) is 14.2 Å². The molecule has 274 valence electrons. The first-order valence-electron chi connectivity index (χ1n) is 17.2. The van der Waals surface area contributed by atoms with Crippen LogP contribution in [0.1, 0.15) is 57.2 Å². The van der Waals surface area contributed by atoms with Crippen molar-refractivity contribution in [2.24, 2.45) is 17.8 Å². The summed E-state index contributed by atoms with van der Waals surface area (Å²) in [6.07, 6.45) is -2.02. The van der Waals surface area contributed by atoms with Gasteiger partial charge in [-0.1, -0.05) is 97.6 Å². The summed E-state index contributed by atoms with van der Waals surface area (Å²) < 4.78 is 15.8. The fourth-order valence-corrected chi connectivity index (χ4v) is 7.37. The van der Waals surface area contributed by atoms with Crippen LogP contribution in [0.15, 0.2) is 104 Å². The predicted octanol–water partition coefficient (Wildman–Crippen LogP) is 4.11. The number of aliphatic hydroxyl groups is 1. The van der Waals surface area contributed by atoms with Gasteiger partial charge < -0.3 is 35.3 Å². The van der Waals surface area contributed by atoms with Crippen LogP contribution >= 0.6 is 0 Å². The molecular formula is C40H45N3O9. The minimum Gasteiger partial charge on any atom is -0.464 e. The second-order valence-electron chi connectivity index (χ2n) is 14.0. The molecule has 12 heteroatoms. The topological polar surface area (TPSA) is 169 Å². The highest BCUT2D eigenvalue weighted by Gasteiger charge is 2.76. The quantitative estimate of drug-likeness (QED) is 0.0883. The minimum atomic E-state index is -1.85. The third-order valence-corrected chi connectivity index (χ3v) is 9.42. The highest BCUT2D eigenvalue weighted by atomic mass is 16.6. The molecule has 0 aliphatic heterocycles. The zero-order chi connectivity index (χ0) is 37.7. The molecule has 0 aromatic heterocycles. The van der Waals surface area contributed by atoms with Gasteiger partial charge in [0.1, 0.15) is 22.7 Å². The number of ether oxygens (including phenoxy) is 3. The second-order valence-corrected chi connectivity index (χ2v) is 14.0. The van der Waals surface area contributed by atoms with Crippen molar-refractivity contribution in [2.75, 3.05) is 6.61 Å². The van der Waals surface area contributed by atoms with Crippen molar-refractivity contribution in [3.05, 3.63) is 121 Å². The summed E-state index contributed by atoms with van der Waals surface area (Å²) in [5, 5.41) is 19.3. The van der Waals surface area contributed by atoms with Crippen LogP contribution in [0.3, 0.4) is 0 Å². The number of rotatable bonds is 13. The van der Waals surface area contributed by atoms with E-state index in [-0.39, 0.29) is 13.0 Å². The van der Waals surface area contributed by atoms with Crippen LogP contribution in [0.5, 0.6) is 0 Å². The first kappa shape index (κ1) is 37.8. The van der Waals surface area contributed by atoms with Gasteiger partial charge in [0.2, 0.25) is 11.8 Å². The third kappa shape index (κ3) is 7.71. The van der Waals surface area contributed by atoms with Crippen LogP contribution in [0.25, 0.3) is 0 Å². The lowest BCUT2D eigenvalue weighted by Gasteiger charge is -2.37. The van der Waals surface area contributed by atoms with Gasteiger partial charge in [0, 0.05) is 18.3 Å². The van der Waals surface area contributed by atoms with E-state index < -0.39 is 82.8 Å². The van der Waals surface area contributed by atoms with Gasteiger partial charge in [0.25, 0.3) is 0 Å². The first-order valence-corrected chi connectivity index (χ1v) is 17.2. The molecule has 2 aliphatic rings. The maximum atomic E-state index is 14.4. The number of alkyl carbamates (subject to hydrolysis) is 1. The average molecular weight is 712 g/mol. The van der Waals surface area contributed by atoms with Crippen LogP contribution in [0.4, 0.5) is 4.79 Å². The van der Waals surface area contributed by atoms with Crippen LogP contribution < -0.4 is 16.0 Å². The summed E-state index contributed by atoms with van der Waals surface area (Å²) >= 11 is 0. The fraction of sp³-hybridized carbons (Fsp3) is 0.375. The van der Waals surface area contributed by atoms with E-state index in [1.807, 2.05) is 91.0 Å². The van der Waals surface area contributed by atoms with Crippen LogP contribution in [-0.4, -0.2) is 64.8 Å². The Kier molecular flexibility index (Phi) is 11.2. The molecule has 2 aliphatic carbocycles. The lowest BCUT2D eigenvalue weighted by atomic mass is 9.77. The zero-order valence-corrected chi connectivity index (χ0v) is 29.7. The number of hydrogen-bond donors (Lipinski definition) is 4. The summed E-state index contributed by atoms with van der Waals surface area (Å²) in [4.78, 5) is 68.2. The first-order chi connectivity index (χ1) is 24.8.